The molecule has 2 aromatic carbocycles. The Kier molecular flexibility index (Phi) is 6.07. The highest BCUT2D eigenvalue weighted by molar-refractivity contribution is 6.34. The molecule has 4 rings (SSSR count). The minimum absolute atomic E-state index is 0.0766. The molecular weight excluding hydrogens is 392 g/mol. The molecule has 8 heteroatoms. The van der Waals surface area contributed by atoms with Gasteiger partial charge >= 0.3 is 0 Å². The standard InChI is InChI=1S/C21H21ClN4O3/c22-18-13-16(6-7-17(18)21(27)26-8-10-28-11-9-26)23-14-20-24-19(25-29-20)12-15-4-2-1-3-5-15/h1-7,13,23H,8-12,14H2. The van der Waals surface area contributed by atoms with Gasteiger partial charge in [0, 0.05) is 25.2 Å². The van der Waals surface area contributed by atoms with Crippen LogP contribution in [-0.2, 0) is 17.7 Å². The predicted molar refractivity (Wildman–Crippen MR) is 109 cm³/mol. The Balaban J connectivity index is 1.35. The molecular formula is C21H21ClN4O3. The van der Waals surface area contributed by atoms with Gasteiger partial charge in [0.25, 0.3) is 5.91 Å². The fraction of sp³-hybridized carbons (Fsp3) is 0.286. The highest BCUT2D eigenvalue weighted by atomic mass is 35.5. The molecule has 1 N–H and O–H groups in total. The van der Waals surface area contributed by atoms with E-state index in [0.29, 0.717) is 61.6 Å². The number of morpholine rings is 1. The Morgan fingerprint density at radius 3 is 2.69 bits per heavy atom. The van der Waals surface area contributed by atoms with E-state index in [0.717, 1.165) is 11.3 Å². The first kappa shape index (κ1) is 19.4. The van der Waals surface area contributed by atoms with Crippen LogP contribution in [0.15, 0.2) is 53.1 Å². The molecule has 7 nitrogen and oxygen atoms in total. The fourth-order valence-electron chi connectivity index (χ4n) is 3.13. The summed E-state index contributed by atoms with van der Waals surface area (Å²) in [5, 5.41) is 7.62. The molecule has 0 radical (unpaired) electrons. The summed E-state index contributed by atoms with van der Waals surface area (Å²) in [5.74, 6) is 1.05. The Bertz CT molecular complexity index is 971. The largest absolute Gasteiger partial charge is 0.378 e. The normalized spacial score (nSPS) is 14.0. The summed E-state index contributed by atoms with van der Waals surface area (Å²) in [6.07, 6.45) is 0.620. The molecule has 1 amide bonds. The number of ether oxygens (including phenoxy) is 1. The summed E-state index contributed by atoms with van der Waals surface area (Å²) in [4.78, 5) is 18.8. The van der Waals surface area contributed by atoms with Gasteiger partial charge in [-0.1, -0.05) is 47.1 Å². The molecule has 0 saturated carbocycles. The highest BCUT2D eigenvalue weighted by Gasteiger charge is 2.20. The van der Waals surface area contributed by atoms with Crippen LogP contribution >= 0.6 is 11.6 Å². The first-order valence-electron chi connectivity index (χ1n) is 9.45. The van der Waals surface area contributed by atoms with Gasteiger partial charge in [-0.05, 0) is 23.8 Å². The lowest BCUT2D eigenvalue weighted by molar-refractivity contribution is 0.0303. The Morgan fingerprint density at radius 1 is 1.14 bits per heavy atom. The van der Waals surface area contributed by atoms with Crippen LogP contribution < -0.4 is 5.32 Å². The van der Waals surface area contributed by atoms with E-state index < -0.39 is 0 Å². The summed E-state index contributed by atoms with van der Waals surface area (Å²) < 4.78 is 10.6. The van der Waals surface area contributed by atoms with Gasteiger partial charge in [-0.15, -0.1) is 0 Å². The van der Waals surface area contributed by atoms with E-state index in [1.807, 2.05) is 36.4 Å². The van der Waals surface area contributed by atoms with Crippen LogP contribution in [-0.4, -0.2) is 47.3 Å². The summed E-state index contributed by atoms with van der Waals surface area (Å²) in [5.41, 5.74) is 2.39. The lowest BCUT2D eigenvalue weighted by Gasteiger charge is -2.27. The van der Waals surface area contributed by atoms with E-state index in [1.54, 1.807) is 17.0 Å². The summed E-state index contributed by atoms with van der Waals surface area (Å²) >= 11 is 6.35. The van der Waals surface area contributed by atoms with Crippen LogP contribution in [0.4, 0.5) is 5.69 Å². The van der Waals surface area contributed by atoms with Crippen molar-refractivity contribution < 1.29 is 14.1 Å². The van der Waals surface area contributed by atoms with Gasteiger partial charge < -0.3 is 19.5 Å². The van der Waals surface area contributed by atoms with Crippen molar-refractivity contribution >= 4 is 23.2 Å². The van der Waals surface area contributed by atoms with Crippen LogP contribution in [0, 0.1) is 0 Å². The minimum Gasteiger partial charge on any atom is -0.378 e. The highest BCUT2D eigenvalue weighted by Crippen LogP contribution is 2.23. The molecule has 29 heavy (non-hydrogen) atoms. The SMILES string of the molecule is O=C(c1ccc(NCc2nc(Cc3ccccc3)no2)cc1Cl)N1CCOCC1. The molecule has 0 aliphatic carbocycles. The average molecular weight is 413 g/mol. The average Bonchev–Trinajstić information content (AvgIpc) is 3.20. The summed E-state index contributed by atoms with van der Waals surface area (Å²) in [6, 6.07) is 15.3. The van der Waals surface area contributed by atoms with Crippen molar-refractivity contribution in [1.29, 1.82) is 0 Å². The van der Waals surface area contributed by atoms with Crippen molar-refractivity contribution in [3.8, 4) is 0 Å². The number of rotatable bonds is 6. The Labute approximate surface area is 173 Å². The molecule has 1 fully saturated rings. The molecule has 1 aliphatic rings. The molecule has 0 unspecified atom stereocenters. The van der Waals surface area contributed by atoms with Crippen LogP contribution in [0.5, 0.6) is 0 Å². The smallest absolute Gasteiger partial charge is 0.255 e. The molecule has 0 atom stereocenters. The molecule has 150 valence electrons. The molecule has 2 heterocycles. The number of amides is 1. The van der Waals surface area contributed by atoms with Crippen LogP contribution in [0.3, 0.4) is 0 Å². The van der Waals surface area contributed by atoms with Crippen molar-refractivity contribution in [2.24, 2.45) is 0 Å². The molecule has 1 saturated heterocycles. The van der Waals surface area contributed by atoms with Crippen LogP contribution in [0.25, 0.3) is 0 Å². The maximum Gasteiger partial charge on any atom is 0.255 e. The maximum absolute atomic E-state index is 12.6. The maximum atomic E-state index is 12.6. The van der Waals surface area contributed by atoms with Gasteiger partial charge in [0.05, 0.1) is 30.3 Å². The third-order valence-electron chi connectivity index (χ3n) is 4.66. The number of benzene rings is 2. The van der Waals surface area contributed by atoms with E-state index in [-0.39, 0.29) is 5.91 Å². The van der Waals surface area contributed by atoms with Gasteiger partial charge in [-0.25, -0.2) is 0 Å². The number of carbonyl (C=O) groups excluding carboxylic acids is 1. The number of halogens is 1. The third-order valence-corrected chi connectivity index (χ3v) is 4.97. The molecule has 0 spiro atoms. The second kappa shape index (κ2) is 9.07. The monoisotopic (exact) mass is 412 g/mol. The van der Waals surface area contributed by atoms with Crippen molar-refractivity contribution in [2.75, 3.05) is 31.6 Å². The van der Waals surface area contributed by atoms with Crippen molar-refractivity contribution in [3.05, 3.63) is 76.4 Å². The number of aromatic nitrogens is 2. The van der Waals surface area contributed by atoms with E-state index >= 15 is 0 Å². The number of nitrogens with zero attached hydrogens (tertiary/aromatic N) is 3. The van der Waals surface area contributed by atoms with E-state index in [4.69, 9.17) is 20.9 Å². The number of hydrogen-bond donors (Lipinski definition) is 1. The van der Waals surface area contributed by atoms with Crippen molar-refractivity contribution in [3.63, 3.8) is 0 Å². The number of anilines is 1. The second-order valence-electron chi connectivity index (χ2n) is 6.72. The van der Waals surface area contributed by atoms with E-state index in [2.05, 4.69) is 15.5 Å². The molecule has 1 aliphatic heterocycles. The first-order chi connectivity index (χ1) is 14.2. The lowest BCUT2D eigenvalue weighted by atomic mass is 10.1. The topological polar surface area (TPSA) is 80.5 Å². The molecule has 1 aromatic heterocycles. The van der Waals surface area contributed by atoms with Crippen molar-refractivity contribution in [2.45, 2.75) is 13.0 Å². The Hall–Kier alpha value is -2.90. The van der Waals surface area contributed by atoms with E-state index in [9.17, 15) is 4.79 Å². The third kappa shape index (κ3) is 4.93. The minimum atomic E-state index is -0.0766. The van der Waals surface area contributed by atoms with Gasteiger partial charge in [0.1, 0.15) is 0 Å². The number of hydrogen-bond acceptors (Lipinski definition) is 6. The Morgan fingerprint density at radius 2 is 1.93 bits per heavy atom. The lowest BCUT2D eigenvalue weighted by Crippen LogP contribution is -2.40. The zero-order chi connectivity index (χ0) is 20.1. The van der Waals surface area contributed by atoms with Gasteiger partial charge in [0.15, 0.2) is 5.82 Å². The zero-order valence-corrected chi connectivity index (χ0v) is 16.6. The summed E-state index contributed by atoms with van der Waals surface area (Å²) in [6.45, 7) is 2.64. The van der Waals surface area contributed by atoms with Gasteiger partial charge in [-0.3, -0.25) is 4.79 Å². The first-order valence-corrected chi connectivity index (χ1v) is 9.82. The number of nitrogens with one attached hydrogen (secondary N) is 1. The molecule has 0 bridgehead atoms. The second-order valence-corrected chi connectivity index (χ2v) is 7.13. The van der Waals surface area contributed by atoms with Gasteiger partial charge in [0.2, 0.25) is 5.89 Å². The van der Waals surface area contributed by atoms with Crippen LogP contribution in [0.1, 0.15) is 27.6 Å². The zero-order valence-electron chi connectivity index (χ0n) is 15.8. The van der Waals surface area contributed by atoms with E-state index in [1.165, 1.54) is 0 Å². The summed E-state index contributed by atoms with van der Waals surface area (Å²) in [7, 11) is 0. The van der Waals surface area contributed by atoms with Crippen molar-refractivity contribution in [1.82, 2.24) is 15.0 Å². The van der Waals surface area contributed by atoms with Crippen LogP contribution in [0.2, 0.25) is 5.02 Å². The molecule has 3 aromatic rings. The van der Waals surface area contributed by atoms with Gasteiger partial charge in [-0.2, -0.15) is 4.98 Å². The predicted octanol–water partition coefficient (Wildman–Crippen LogP) is 3.40. The fourth-order valence-corrected chi connectivity index (χ4v) is 3.39. The number of carbonyl (C=O) groups is 1. The quantitative estimate of drug-likeness (QED) is 0.668.